The lowest BCUT2D eigenvalue weighted by atomic mass is 9.85. The average molecular weight is 1500 g/mol. The van der Waals surface area contributed by atoms with Crippen molar-refractivity contribution in [1.29, 1.82) is 0 Å². The van der Waals surface area contributed by atoms with Gasteiger partial charge in [-0.15, -0.1) is 0 Å². The molecule has 25 rings (SSSR count). The Morgan fingerprint density at radius 3 is 0.915 bits per heavy atom. The van der Waals surface area contributed by atoms with Crippen molar-refractivity contribution >= 4 is 152 Å². The first-order valence-corrected chi connectivity index (χ1v) is 40.6. The lowest BCUT2D eigenvalue weighted by Crippen LogP contribution is -1.95. The molecule has 4 heterocycles. The van der Waals surface area contributed by atoms with Crippen molar-refractivity contribution in [3.05, 3.63) is 425 Å². The SMILES string of the molecule is c1ccc2c(-c3c4ccccc4c(-c4ccc(-n5c6ccccc6c6cc(-c7cccc8c7oc7ccccc78)ccc65)cc4)c4ccccc34)cccc2c1.c1ccc2cc(-c3ccc(-c4c5ccccc5c(-c5ccc(-n6c7ccccc7c7cc(-c8cccc9c8oc8ccccc89)ccc76)cc5)c5ccccc45)cc3)ccc2c1. The average Bonchev–Trinajstić information content (AvgIpc) is 1.30. The largest absolute Gasteiger partial charge is 0.455 e. The van der Waals surface area contributed by atoms with Gasteiger partial charge in [0.05, 0.1) is 22.1 Å². The van der Waals surface area contributed by atoms with Crippen LogP contribution < -0.4 is 0 Å². The summed E-state index contributed by atoms with van der Waals surface area (Å²) >= 11 is 0. The van der Waals surface area contributed by atoms with Crippen LogP contribution in [0.2, 0.25) is 0 Å². The summed E-state index contributed by atoms with van der Waals surface area (Å²) in [4.78, 5) is 0. The third-order valence-corrected chi connectivity index (χ3v) is 24.8. The molecule has 0 aliphatic heterocycles. The molecule has 0 radical (unpaired) electrons. The van der Waals surface area contributed by atoms with Crippen LogP contribution in [0.15, 0.2) is 433 Å². The van der Waals surface area contributed by atoms with Gasteiger partial charge >= 0.3 is 0 Å². The van der Waals surface area contributed by atoms with Crippen LogP contribution in [0.1, 0.15) is 0 Å². The maximum atomic E-state index is 6.47. The van der Waals surface area contributed by atoms with E-state index in [-0.39, 0.29) is 0 Å². The van der Waals surface area contributed by atoms with E-state index in [1.165, 1.54) is 164 Å². The monoisotopic (exact) mass is 1500 g/mol. The molecular formula is C114H70N2O2. The van der Waals surface area contributed by atoms with Gasteiger partial charge in [0.1, 0.15) is 22.3 Å². The molecule has 0 atom stereocenters. The van der Waals surface area contributed by atoms with Gasteiger partial charge in [0.15, 0.2) is 0 Å². The van der Waals surface area contributed by atoms with E-state index in [0.717, 1.165) is 77.5 Å². The molecule has 0 fully saturated rings. The fraction of sp³-hybridized carbons (Fsp3) is 0. The molecule has 0 unspecified atom stereocenters. The molecule has 4 nitrogen and oxygen atoms in total. The first-order valence-electron chi connectivity index (χ1n) is 40.6. The van der Waals surface area contributed by atoms with Crippen molar-refractivity contribution in [3.63, 3.8) is 0 Å². The van der Waals surface area contributed by atoms with E-state index in [9.17, 15) is 0 Å². The van der Waals surface area contributed by atoms with Crippen molar-refractivity contribution in [2.24, 2.45) is 0 Å². The highest BCUT2D eigenvalue weighted by molar-refractivity contribution is 6.25. The van der Waals surface area contributed by atoms with Crippen LogP contribution in [0, 0.1) is 0 Å². The first-order chi connectivity index (χ1) is 58.5. The van der Waals surface area contributed by atoms with E-state index >= 15 is 0 Å². The van der Waals surface area contributed by atoms with Crippen LogP contribution in [-0.4, -0.2) is 9.13 Å². The van der Waals surface area contributed by atoms with Crippen LogP contribution in [0.3, 0.4) is 0 Å². The predicted octanol–water partition coefficient (Wildman–Crippen LogP) is 32.0. The summed E-state index contributed by atoms with van der Waals surface area (Å²) in [5.41, 5.74) is 27.5. The summed E-state index contributed by atoms with van der Waals surface area (Å²) < 4.78 is 17.7. The van der Waals surface area contributed by atoms with Crippen LogP contribution in [0.5, 0.6) is 0 Å². The second-order valence-electron chi connectivity index (χ2n) is 31.2. The van der Waals surface area contributed by atoms with Crippen LogP contribution >= 0.6 is 0 Å². The van der Waals surface area contributed by atoms with Gasteiger partial charge in [0.2, 0.25) is 0 Å². The van der Waals surface area contributed by atoms with Gasteiger partial charge in [-0.05, 0) is 210 Å². The molecule has 0 aliphatic carbocycles. The molecule has 0 spiro atoms. The van der Waals surface area contributed by atoms with Gasteiger partial charge in [-0.25, -0.2) is 0 Å². The summed E-state index contributed by atoms with van der Waals surface area (Å²) in [6.45, 7) is 0. The van der Waals surface area contributed by atoms with Gasteiger partial charge in [0, 0.05) is 65.6 Å². The molecule has 0 N–H and O–H groups in total. The highest BCUT2D eigenvalue weighted by Gasteiger charge is 2.24. The molecule has 25 aromatic rings. The molecule has 0 aliphatic rings. The van der Waals surface area contributed by atoms with Crippen LogP contribution in [0.4, 0.5) is 0 Å². The molecule has 118 heavy (non-hydrogen) atoms. The smallest absolute Gasteiger partial charge is 0.143 e. The zero-order valence-corrected chi connectivity index (χ0v) is 64.1. The number of hydrogen-bond acceptors (Lipinski definition) is 2. The maximum absolute atomic E-state index is 6.47. The van der Waals surface area contributed by atoms with E-state index in [2.05, 4.69) is 410 Å². The fourth-order valence-corrected chi connectivity index (χ4v) is 19.5. The molecule has 548 valence electrons. The topological polar surface area (TPSA) is 36.1 Å². The van der Waals surface area contributed by atoms with Crippen LogP contribution in [0.25, 0.3) is 241 Å². The zero-order valence-electron chi connectivity index (χ0n) is 64.1. The van der Waals surface area contributed by atoms with Gasteiger partial charge in [0.25, 0.3) is 0 Å². The second-order valence-corrected chi connectivity index (χ2v) is 31.2. The van der Waals surface area contributed by atoms with Gasteiger partial charge < -0.3 is 18.0 Å². The molecule has 0 saturated carbocycles. The molecule has 21 aromatic carbocycles. The van der Waals surface area contributed by atoms with Crippen molar-refractivity contribution in [1.82, 2.24) is 9.13 Å². The van der Waals surface area contributed by atoms with Gasteiger partial charge in [-0.3, -0.25) is 0 Å². The molecule has 0 saturated heterocycles. The molecule has 0 bridgehead atoms. The third-order valence-electron chi connectivity index (χ3n) is 24.8. The van der Waals surface area contributed by atoms with Crippen molar-refractivity contribution in [3.8, 4) is 89.3 Å². The Hall–Kier alpha value is -15.6. The standard InChI is InChI=1S/C60H37NO.C54H33NO/c1-2-13-42-36-43(29-26-38(42)12-1)39-24-27-40(28-25-39)58-49-16-3-5-18-51(49)59(52-19-6-4-17-50(52)58)41-30-33-45(34-31-41)61-55-22-9-7-14-47(55)54-37-44(32-35-56(54)61)46-20-11-21-53-48-15-8-10-23-57(48)62-60(46)53;1-2-15-38-34(13-1)14-11-23-42(38)53-45-20-5-3-18-43(45)52(44-19-4-6-21-46(44)53)35-27-30-37(31-28-35)55-49-25-9-7-16-40(49)48-33-36(29-32-50(48)55)39-22-12-24-47-41-17-8-10-26-51(41)56-54(39)47/h1-37H;1-33H. The minimum absolute atomic E-state index is 0.913. The van der Waals surface area contributed by atoms with Crippen molar-refractivity contribution < 1.29 is 8.83 Å². The lowest BCUT2D eigenvalue weighted by molar-refractivity contribution is 0.669. The molecule has 4 heteroatoms. The Balaban J connectivity index is 0.000000135. The van der Waals surface area contributed by atoms with E-state index < -0.39 is 0 Å². The van der Waals surface area contributed by atoms with Crippen LogP contribution in [-0.2, 0) is 0 Å². The van der Waals surface area contributed by atoms with E-state index in [4.69, 9.17) is 8.83 Å². The summed E-state index contributed by atoms with van der Waals surface area (Å²) in [6.07, 6.45) is 0. The second kappa shape index (κ2) is 27.0. The first kappa shape index (κ1) is 66.9. The Bertz CT molecular complexity index is 8300. The Morgan fingerprint density at radius 2 is 0.458 bits per heavy atom. The van der Waals surface area contributed by atoms with E-state index in [1.807, 2.05) is 24.3 Å². The number of hydrogen-bond donors (Lipinski definition) is 0. The number of nitrogens with zero attached hydrogens (tertiary/aromatic N) is 2. The number of rotatable bonds is 9. The predicted molar refractivity (Wildman–Crippen MR) is 499 cm³/mol. The summed E-state index contributed by atoms with van der Waals surface area (Å²) in [5, 5.41) is 24.5. The van der Waals surface area contributed by atoms with E-state index in [0.29, 0.717) is 0 Å². The summed E-state index contributed by atoms with van der Waals surface area (Å²) in [5.74, 6) is 0. The number of aromatic nitrogens is 2. The quantitative estimate of drug-likeness (QED) is 0.135. The van der Waals surface area contributed by atoms with Crippen molar-refractivity contribution in [2.75, 3.05) is 0 Å². The van der Waals surface area contributed by atoms with Crippen molar-refractivity contribution in [2.45, 2.75) is 0 Å². The Kier molecular flexibility index (Phi) is 15.3. The Morgan fingerprint density at radius 1 is 0.153 bits per heavy atom. The summed E-state index contributed by atoms with van der Waals surface area (Å²) in [6, 6.07) is 155. The minimum atomic E-state index is 0.913. The number of furan rings is 2. The highest BCUT2D eigenvalue weighted by atomic mass is 16.3. The molecule has 0 amide bonds. The van der Waals surface area contributed by atoms with E-state index in [1.54, 1.807) is 0 Å². The third kappa shape index (κ3) is 10.6. The lowest BCUT2D eigenvalue weighted by Gasteiger charge is -2.19. The Labute approximate surface area is 679 Å². The van der Waals surface area contributed by atoms with Gasteiger partial charge in [-0.1, -0.05) is 346 Å². The van der Waals surface area contributed by atoms with Gasteiger partial charge in [-0.2, -0.15) is 0 Å². The number of benzene rings is 21. The fourth-order valence-electron chi connectivity index (χ4n) is 19.5. The highest BCUT2D eigenvalue weighted by Crippen LogP contribution is 2.50. The maximum Gasteiger partial charge on any atom is 0.143 e. The zero-order chi connectivity index (χ0) is 77.5. The minimum Gasteiger partial charge on any atom is -0.455 e. The summed E-state index contributed by atoms with van der Waals surface area (Å²) in [7, 11) is 0. The molecule has 4 aromatic heterocycles. The number of para-hydroxylation sites is 6. The number of fused-ring (bicyclic) bond motifs is 18. The molecular weight excluding hydrogens is 1430 g/mol. The normalized spacial score (nSPS) is 11.9.